The Balaban J connectivity index is 2.19. The third-order valence-corrected chi connectivity index (χ3v) is 5.09. The minimum absolute atomic E-state index is 0.168. The Morgan fingerprint density at radius 1 is 1.43 bits per heavy atom. The second kappa shape index (κ2) is 6.68. The van der Waals surface area contributed by atoms with Crippen LogP contribution >= 0.6 is 11.6 Å². The van der Waals surface area contributed by atoms with Crippen LogP contribution in [0.1, 0.15) is 45.2 Å². The van der Waals surface area contributed by atoms with Gasteiger partial charge < -0.3 is 5.32 Å². The normalized spacial score (nSPS) is 24.0. The molecule has 1 aliphatic heterocycles. The van der Waals surface area contributed by atoms with Crippen molar-refractivity contribution in [2.75, 3.05) is 13.1 Å². The van der Waals surface area contributed by atoms with Crippen molar-refractivity contribution >= 4 is 11.6 Å². The fourth-order valence-corrected chi connectivity index (χ4v) is 3.49. The van der Waals surface area contributed by atoms with Crippen LogP contribution in [-0.2, 0) is 6.54 Å². The summed E-state index contributed by atoms with van der Waals surface area (Å²) in [6.07, 6.45) is 1.21. The summed E-state index contributed by atoms with van der Waals surface area (Å²) >= 11 is 6.44. The third-order valence-electron chi connectivity index (χ3n) is 4.74. The average molecular weight is 309 g/mol. The zero-order chi connectivity index (χ0) is 15.6. The molecule has 1 heterocycles. The molecule has 2 nitrogen and oxygen atoms in total. The molecule has 1 aliphatic rings. The van der Waals surface area contributed by atoms with E-state index in [4.69, 9.17) is 11.6 Å². The molecule has 21 heavy (non-hydrogen) atoms. The van der Waals surface area contributed by atoms with E-state index in [0.29, 0.717) is 12.0 Å². The fraction of sp³-hybridized carbons (Fsp3) is 0.667. The topological polar surface area (TPSA) is 15.3 Å². The van der Waals surface area contributed by atoms with Crippen molar-refractivity contribution in [2.45, 2.75) is 59.2 Å². The molecule has 2 atom stereocenters. The maximum absolute atomic E-state index is 6.44. The average Bonchev–Trinajstić information content (AvgIpc) is 2.40. The first-order chi connectivity index (χ1) is 9.82. The van der Waals surface area contributed by atoms with Crippen molar-refractivity contribution in [3.05, 3.63) is 34.3 Å². The summed E-state index contributed by atoms with van der Waals surface area (Å²) in [6.45, 7) is 14.4. The van der Waals surface area contributed by atoms with Crippen molar-refractivity contribution in [2.24, 2.45) is 5.92 Å². The van der Waals surface area contributed by atoms with Gasteiger partial charge in [-0.1, -0.05) is 44.0 Å². The lowest BCUT2D eigenvalue weighted by Gasteiger charge is -2.47. The van der Waals surface area contributed by atoms with Gasteiger partial charge in [0.15, 0.2) is 0 Å². The summed E-state index contributed by atoms with van der Waals surface area (Å²) in [5, 5.41) is 4.59. The molecule has 1 aromatic rings. The minimum atomic E-state index is 0.168. The van der Waals surface area contributed by atoms with E-state index in [1.165, 1.54) is 17.5 Å². The fourth-order valence-electron chi connectivity index (χ4n) is 3.20. The predicted octanol–water partition coefficient (Wildman–Crippen LogP) is 4.25. The maximum Gasteiger partial charge on any atom is 0.0453 e. The Kier molecular flexibility index (Phi) is 5.34. The molecule has 3 heteroatoms. The first-order valence-electron chi connectivity index (χ1n) is 8.06. The second-order valence-electron chi connectivity index (χ2n) is 7.22. The first-order valence-corrected chi connectivity index (χ1v) is 8.44. The summed E-state index contributed by atoms with van der Waals surface area (Å²) in [5.74, 6) is 0.692. The van der Waals surface area contributed by atoms with Crippen LogP contribution in [0.15, 0.2) is 18.2 Å². The lowest BCUT2D eigenvalue weighted by molar-refractivity contribution is 0.0571. The van der Waals surface area contributed by atoms with Gasteiger partial charge in [0.25, 0.3) is 0 Å². The summed E-state index contributed by atoms with van der Waals surface area (Å²) < 4.78 is 0. The number of benzene rings is 1. The van der Waals surface area contributed by atoms with Gasteiger partial charge in [-0.25, -0.2) is 0 Å². The number of nitrogens with one attached hydrogen (secondary N) is 1. The molecule has 0 bridgehead atoms. The van der Waals surface area contributed by atoms with Crippen LogP contribution in [0.5, 0.6) is 0 Å². The Labute approximate surface area is 134 Å². The van der Waals surface area contributed by atoms with Crippen molar-refractivity contribution in [3.8, 4) is 0 Å². The van der Waals surface area contributed by atoms with E-state index in [1.54, 1.807) is 0 Å². The van der Waals surface area contributed by atoms with E-state index in [9.17, 15) is 0 Å². The van der Waals surface area contributed by atoms with Crippen molar-refractivity contribution in [1.82, 2.24) is 10.2 Å². The standard InChI is InChI=1S/C18H29ClN2/c1-6-14(3)17-10-20-18(4,5)12-21(17)11-15-8-7-13(2)9-16(15)19/h7-9,14,17,20H,6,10-12H2,1-5H3. The molecule has 118 valence electrons. The predicted molar refractivity (Wildman–Crippen MR) is 91.9 cm³/mol. The zero-order valence-corrected chi connectivity index (χ0v) is 14.8. The van der Waals surface area contributed by atoms with Crippen LogP contribution in [-0.4, -0.2) is 29.6 Å². The Morgan fingerprint density at radius 3 is 2.76 bits per heavy atom. The van der Waals surface area contributed by atoms with Gasteiger partial charge in [0, 0.05) is 36.2 Å². The van der Waals surface area contributed by atoms with Gasteiger partial charge in [-0.2, -0.15) is 0 Å². The molecule has 2 rings (SSSR count). The summed E-state index contributed by atoms with van der Waals surface area (Å²) in [7, 11) is 0. The Hall–Kier alpha value is -0.570. The third kappa shape index (κ3) is 4.21. The zero-order valence-electron chi connectivity index (χ0n) is 14.0. The Bertz CT molecular complexity index is 484. The number of rotatable bonds is 4. The number of hydrogen-bond donors (Lipinski definition) is 1. The molecule has 1 saturated heterocycles. The molecule has 1 aromatic carbocycles. The van der Waals surface area contributed by atoms with Crippen LogP contribution in [0, 0.1) is 12.8 Å². The maximum atomic E-state index is 6.44. The number of nitrogens with zero attached hydrogens (tertiary/aromatic N) is 1. The van der Waals surface area contributed by atoms with Gasteiger partial charge in [0.2, 0.25) is 0 Å². The monoisotopic (exact) mass is 308 g/mol. The lowest BCUT2D eigenvalue weighted by atomic mass is 9.90. The van der Waals surface area contributed by atoms with E-state index in [2.05, 4.69) is 63.0 Å². The van der Waals surface area contributed by atoms with E-state index >= 15 is 0 Å². The molecule has 0 aromatic heterocycles. The van der Waals surface area contributed by atoms with Crippen LogP contribution < -0.4 is 5.32 Å². The van der Waals surface area contributed by atoms with Crippen molar-refractivity contribution in [1.29, 1.82) is 0 Å². The number of aryl methyl sites for hydroxylation is 1. The SMILES string of the molecule is CCC(C)C1CNC(C)(C)CN1Cc1ccc(C)cc1Cl. The van der Waals surface area contributed by atoms with Crippen LogP contribution in [0.25, 0.3) is 0 Å². The van der Waals surface area contributed by atoms with Crippen LogP contribution in [0.2, 0.25) is 5.02 Å². The van der Waals surface area contributed by atoms with Gasteiger partial charge in [-0.3, -0.25) is 4.90 Å². The van der Waals surface area contributed by atoms with Crippen molar-refractivity contribution < 1.29 is 0 Å². The summed E-state index contributed by atoms with van der Waals surface area (Å²) in [4.78, 5) is 2.61. The number of halogens is 1. The van der Waals surface area contributed by atoms with Crippen LogP contribution in [0.4, 0.5) is 0 Å². The first kappa shape index (κ1) is 16.8. The highest BCUT2D eigenvalue weighted by atomic mass is 35.5. The van der Waals surface area contributed by atoms with Gasteiger partial charge in [0.05, 0.1) is 0 Å². The number of hydrogen-bond acceptors (Lipinski definition) is 2. The molecular formula is C18H29ClN2. The van der Waals surface area contributed by atoms with Gasteiger partial charge in [0.1, 0.15) is 0 Å². The highest BCUT2D eigenvalue weighted by molar-refractivity contribution is 6.31. The second-order valence-corrected chi connectivity index (χ2v) is 7.62. The molecule has 2 unspecified atom stereocenters. The summed E-state index contributed by atoms with van der Waals surface area (Å²) in [6, 6.07) is 7.00. The molecule has 0 amide bonds. The molecule has 0 radical (unpaired) electrons. The Morgan fingerprint density at radius 2 is 2.14 bits per heavy atom. The largest absolute Gasteiger partial charge is 0.309 e. The molecule has 0 aliphatic carbocycles. The molecule has 1 N–H and O–H groups in total. The highest BCUT2D eigenvalue weighted by Crippen LogP contribution is 2.26. The van der Waals surface area contributed by atoms with Gasteiger partial charge in [-0.15, -0.1) is 0 Å². The quantitative estimate of drug-likeness (QED) is 0.894. The van der Waals surface area contributed by atoms with E-state index in [-0.39, 0.29) is 5.54 Å². The highest BCUT2D eigenvalue weighted by Gasteiger charge is 2.34. The van der Waals surface area contributed by atoms with E-state index in [1.807, 2.05) is 0 Å². The molecule has 0 saturated carbocycles. The number of piperazine rings is 1. The molecule has 1 fully saturated rings. The van der Waals surface area contributed by atoms with Gasteiger partial charge >= 0.3 is 0 Å². The smallest absolute Gasteiger partial charge is 0.0453 e. The van der Waals surface area contributed by atoms with Gasteiger partial charge in [-0.05, 0) is 43.9 Å². The van der Waals surface area contributed by atoms with E-state index in [0.717, 1.165) is 24.7 Å². The lowest BCUT2D eigenvalue weighted by Crippen LogP contribution is -2.62. The molecule has 0 spiro atoms. The molecular weight excluding hydrogens is 280 g/mol. The van der Waals surface area contributed by atoms with E-state index < -0.39 is 0 Å². The van der Waals surface area contributed by atoms with Crippen LogP contribution in [0.3, 0.4) is 0 Å². The summed E-state index contributed by atoms with van der Waals surface area (Å²) in [5.41, 5.74) is 2.64. The van der Waals surface area contributed by atoms with Crippen molar-refractivity contribution in [3.63, 3.8) is 0 Å². The minimum Gasteiger partial charge on any atom is -0.309 e.